The summed E-state index contributed by atoms with van der Waals surface area (Å²) in [6, 6.07) is 11.3. The van der Waals surface area contributed by atoms with Crippen LogP contribution in [0.25, 0.3) is 21.3 Å². The minimum Gasteiger partial charge on any atom is -0.477 e. The second kappa shape index (κ2) is 4.75. The van der Waals surface area contributed by atoms with Crippen molar-refractivity contribution in [3.05, 3.63) is 51.9 Å². The first-order valence-electron chi connectivity index (χ1n) is 5.53. The van der Waals surface area contributed by atoms with Gasteiger partial charge in [0.25, 0.3) is 0 Å². The number of hydrogen-bond acceptors (Lipinski definition) is 3. The van der Waals surface area contributed by atoms with Crippen LogP contribution in [0.15, 0.2) is 47.1 Å². The van der Waals surface area contributed by atoms with E-state index in [4.69, 9.17) is 5.11 Å². The molecule has 19 heavy (non-hydrogen) atoms. The summed E-state index contributed by atoms with van der Waals surface area (Å²) in [5.74, 6) is -0.896. The largest absolute Gasteiger partial charge is 0.477 e. The first-order chi connectivity index (χ1) is 9.15. The number of para-hydroxylation sites is 1. The van der Waals surface area contributed by atoms with Crippen LogP contribution in [0, 0.1) is 0 Å². The standard InChI is InChI=1S/C14H8BrNO2S/c15-9-6-8-2-1-3-10(13(8)16-7-9)11-4-5-12(19-11)14(17)18/h1-7H,(H,17,18). The predicted molar refractivity (Wildman–Crippen MR) is 79.7 cm³/mol. The van der Waals surface area contributed by atoms with Crippen molar-refractivity contribution in [2.75, 3.05) is 0 Å². The molecule has 0 fully saturated rings. The van der Waals surface area contributed by atoms with Gasteiger partial charge in [0.15, 0.2) is 0 Å². The number of aromatic nitrogens is 1. The highest BCUT2D eigenvalue weighted by Crippen LogP contribution is 2.33. The van der Waals surface area contributed by atoms with E-state index in [-0.39, 0.29) is 0 Å². The zero-order valence-corrected chi connectivity index (χ0v) is 12.0. The van der Waals surface area contributed by atoms with E-state index in [1.807, 2.05) is 30.3 Å². The Bertz CT molecular complexity index is 782. The van der Waals surface area contributed by atoms with Gasteiger partial charge in [-0.25, -0.2) is 4.79 Å². The molecule has 0 amide bonds. The Morgan fingerprint density at radius 3 is 2.84 bits per heavy atom. The van der Waals surface area contributed by atoms with Crippen LogP contribution in [-0.2, 0) is 0 Å². The van der Waals surface area contributed by atoms with Crippen LogP contribution in [0.2, 0.25) is 0 Å². The maximum absolute atomic E-state index is 10.9. The first-order valence-corrected chi connectivity index (χ1v) is 7.14. The number of nitrogens with zero attached hydrogens (tertiary/aromatic N) is 1. The number of pyridine rings is 1. The van der Waals surface area contributed by atoms with Crippen LogP contribution >= 0.6 is 27.3 Å². The lowest BCUT2D eigenvalue weighted by Crippen LogP contribution is -1.89. The minimum atomic E-state index is -0.896. The van der Waals surface area contributed by atoms with E-state index in [1.54, 1.807) is 12.3 Å². The molecule has 0 radical (unpaired) electrons. The zero-order valence-electron chi connectivity index (χ0n) is 9.63. The molecule has 94 valence electrons. The van der Waals surface area contributed by atoms with Crippen molar-refractivity contribution in [2.24, 2.45) is 0 Å². The van der Waals surface area contributed by atoms with Crippen molar-refractivity contribution in [1.29, 1.82) is 0 Å². The number of benzene rings is 1. The second-order valence-corrected chi connectivity index (χ2v) is 6.00. The summed E-state index contributed by atoms with van der Waals surface area (Å²) in [7, 11) is 0. The van der Waals surface area contributed by atoms with Gasteiger partial charge in [-0.05, 0) is 34.1 Å². The lowest BCUT2D eigenvalue weighted by molar-refractivity contribution is 0.0702. The second-order valence-electron chi connectivity index (χ2n) is 4.00. The Morgan fingerprint density at radius 2 is 2.11 bits per heavy atom. The fourth-order valence-corrected chi connectivity index (χ4v) is 3.15. The Labute approximate surface area is 121 Å². The van der Waals surface area contributed by atoms with Crippen LogP contribution in [0.3, 0.4) is 0 Å². The van der Waals surface area contributed by atoms with Gasteiger partial charge in [0.1, 0.15) is 4.88 Å². The van der Waals surface area contributed by atoms with E-state index in [1.165, 1.54) is 11.3 Å². The van der Waals surface area contributed by atoms with Crippen LogP contribution in [-0.4, -0.2) is 16.1 Å². The molecule has 2 aromatic heterocycles. The lowest BCUT2D eigenvalue weighted by Gasteiger charge is -2.03. The molecular weight excluding hydrogens is 326 g/mol. The quantitative estimate of drug-likeness (QED) is 0.754. The van der Waals surface area contributed by atoms with E-state index in [0.29, 0.717) is 4.88 Å². The normalized spacial score (nSPS) is 10.8. The fourth-order valence-electron chi connectivity index (χ4n) is 1.93. The van der Waals surface area contributed by atoms with Crippen LogP contribution in [0.5, 0.6) is 0 Å². The van der Waals surface area contributed by atoms with E-state index in [2.05, 4.69) is 20.9 Å². The van der Waals surface area contributed by atoms with Gasteiger partial charge in [-0.1, -0.05) is 18.2 Å². The van der Waals surface area contributed by atoms with Crippen molar-refractivity contribution in [1.82, 2.24) is 4.98 Å². The number of fused-ring (bicyclic) bond motifs is 1. The van der Waals surface area contributed by atoms with Gasteiger partial charge in [0, 0.05) is 26.5 Å². The molecule has 1 N–H and O–H groups in total. The van der Waals surface area contributed by atoms with Crippen molar-refractivity contribution < 1.29 is 9.90 Å². The Morgan fingerprint density at radius 1 is 1.26 bits per heavy atom. The molecule has 0 unspecified atom stereocenters. The average molecular weight is 334 g/mol. The molecule has 0 saturated carbocycles. The molecule has 3 nitrogen and oxygen atoms in total. The third-order valence-corrected chi connectivity index (χ3v) is 4.30. The van der Waals surface area contributed by atoms with Gasteiger partial charge in [-0.15, -0.1) is 11.3 Å². The van der Waals surface area contributed by atoms with Crippen LogP contribution in [0.4, 0.5) is 0 Å². The van der Waals surface area contributed by atoms with E-state index < -0.39 is 5.97 Å². The van der Waals surface area contributed by atoms with E-state index in [9.17, 15) is 4.79 Å². The van der Waals surface area contributed by atoms with Gasteiger partial charge >= 0.3 is 5.97 Å². The average Bonchev–Trinajstić information content (AvgIpc) is 2.87. The molecule has 0 aliphatic heterocycles. The molecule has 2 heterocycles. The molecular formula is C14H8BrNO2S. The highest BCUT2D eigenvalue weighted by atomic mass is 79.9. The predicted octanol–water partition coefficient (Wildman–Crippen LogP) is 4.42. The summed E-state index contributed by atoms with van der Waals surface area (Å²) >= 11 is 4.66. The molecule has 0 aliphatic carbocycles. The highest BCUT2D eigenvalue weighted by molar-refractivity contribution is 9.10. The van der Waals surface area contributed by atoms with Crippen molar-refractivity contribution in [3.8, 4) is 10.4 Å². The molecule has 0 saturated heterocycles. The van der Waals surface area contributed by atoms with E-state index in [0.717, 1.165) is 25.8 Å². The Hall–Kier alpha value is -1.72. The third-order valence-electron chi connectivity index (χ3n) is 2.76. The van der Waals surface area contributed by atoms with Crippen molar-refractivity contribution in [3.63, 3.8) is 0 Å². The molecule has 3 rings (SSSR count). The Kier molecular flexibility index (Phi) is 3.08. The molecule has 0 aliphatic rings. The van der Waals surface area contributed by atoms with Crippen LogP contribution < -0.4 is 0 Å². The van der Waals surface area contributed by atoms with Gasteiger partial charge in [0.05, 0.1) is 5.52 Å². The number of halogens is 1. The van der Waals surface area contributed by atoms with Gasteiger partial charge in [-0.2, -0.15) is 0 Å². The molecule has 5 heteroatoms. The monoisotopic (exact) mass is 333 g/mol. The lowest BCUT2D eigenvalue weighted by atomic mass is 10.1. The summed E-state index contributed by atoms with van der Waals surface area (Å²) in [5, 5.41) is 10.0. The number of thiophene rings is 1. The van der Waals surface area contributed by atoms with Gasteiger partial charge in [-0.3, -0.25) is 4.98 Å². The number of carboxylic acids is 1. The summed E-state index contributed by atoms with van der Waals surface area (Å²) < 4.78 is 0.926. The fraction of sp³-hybridized carbons (Fsp3) is 0. The summed E-state index contributed by atoms with van der Waals surface area (Å²) in [5.41, 5.74) is 1.84. The Balaban J connectivity index is 2.21. The molecule has 3 aromatic rings. The summed E-state index contributed by atoms with van der Waals surface area (Å²) in [6.45, 7) is 0. The minimum absolute atomic E-state index is 0.337. The van der Waals surface area contributed by atoms with Gasteiger partial charge in [0.2, 0.25) is 0 Å². The SMILES string of the molecule is O=C(O)c1ccc(-c2cccc3cc(Br)cnc23)s1. The number of hydrogen-bond donors (Lipinski definition) is 1. The van der Waals surface area contributed by atoms with Crippen LogP contribution in [0.1, 0.15) is 9.67 Å². The summed E-state index contributed by atoms with van der Waals surface area (Å²) in [4.78, 5) is 16.6. The molecule has 1 aromatic carbocycles. The molecule has 0 spiro atoms. The third kappa shape index (κ3) is 2.27. The van der Waals surface area contributed by atoms with Gasteiger partial charge < -0.3 is 5.11 Å². The maximum atomic E-state index is 10.9. The zero-order chi connectivity index (χ0) is 13.4. The number of carbonyl (C=O) groups is 1. The van der Waals surface area contributed by atoms with Crippen molar-refractivity contribution in [2.45, 2.75) is 0 Å². The smallest absolute Gasteiger partial charge is 0.345 e. The maximum Gasteiger partial charge on any atom is 0.345 e. The topological polar surface area (TPSA) is 50.2 Å². The number of aromatic carboxylic acids is 1. The number of rotatable bonds is 2. The molecule has 0 bridgehead atoms. The van der Waals surface area contributed by atoms with Crippen molar-refractivity contribution >= 4 is 44.1 Å². The molecule has 0 atom stereocenters. The summed E-state index contributed by atoms with van der Waals surface area (Å²) in [6.07, 6.45) is 1.75. The van der Waals surface area contributed by atoms with E-state index >= 15 is 0 Å². The highest BCUT2D eigenvalue weighted by Gasteiger charge is 2.11. The number of carboxylic acid groups (broad SMARTS) is 1. The first kappa shape index (κ1) is 12.3.